The van der Waals surface area contributed by atoms with Crippen molar-refractivity contribution in [3.63, 3.8) is 0 Å². The Hall–Kier alpha value is -3.69. The highest BCUT2D eigenvalue weighted by Crippen LogP contribution is 2.33. The van der Waals surface area contributed by atoms with Gasteiger partial charge in [-0.1, -0.05) is 12.1 Å². The molecule has 0 saturated carbocycles. The second kappa shape index (κ2) is 10.5. The Bertz CT molecular complexity index is 1180. The average Bonchev–Trinajstić information content (AvgIpc) is 3.36. The van der Waals surface area contributed by atoms with Gasteiger partial charge in [0.2, 0.25) is 5.91 Å². The molecule has 34 heavy (non-hydrogen) atoms. The lowest BCUT2D eigenvalue weighted by Crippen LogP contribution is -2.33. The quantitative estimate of drug-likeness (QED) is 0.372. The van der Waals surface area contributed by atoms with Crippen LogP contribution in [0.25, 0.3) is 11.3 Å². The maximum atomic E-state index is 14.5. The lowest BCUT2D eigenvalue weighted by atomic mass is 10.1. The van der Waals surface area contributed by atoms with Gasteiger partial charge in [0.25, 0.3) is 0 Å². The molecule has 1 amide bonds. The second-order valence-corrected chi connectivity index (χ2v) is 8.06. The largest absolute Gasteiger partial charge is 0.507 e. The van der Waals surface area contributed by atoms with Gasteiger partial charge in [-0.25, -0.2) is 9.37 Å². The SMILES string of the molecule is COCc1ccc(Nc2ccc(O)c(-c3ccc(CNC(=O)C4CCCO4)c(N)n3)c2)c(F)c1. The van der Waals surface area contributed by atoms with Gasteiger partial charge in [0.1, 0.15) is 23.5 Å². The molecule has 0 spiro atoms. The molecule has 2 aromatic carbocycles. The van der Waals surface area contributed by atoms with Crippen LogP contribution in [0.3, 0.4) is 0 Å². The van der Waals surface area contributed by atoms with Gasteiger partial charge in [-0.3, -0.25) is 4.79 Å². The molecule has 0 bridgehead atoms. The van der Waals surface area contributed by atoms with E-state index < -0.39 is 11.9 Å². The number of ether oxygens (including phenoxy) is 2. The zero-order valence-electron chi connectivity index (χ0n) is 18.8. The normalized spacial score (nSPS) is 15.3. The highest BCUT2D eigenvalue weighted by Gasteiger charge is 2.23. The minimum absolute atomic E-state index is 0.00722. The molecule has 2 heterocycles. The second-order valence-electron chi connectivity index (χ2n) is 8.06. The zero-order chi connectivity index (χ0) is 24.1. The van der Waals surface area contributed by atoms with Crippen LogP contribution in [0, 0.1) is 5.82 Å². The Morgan fingerprint density at radius 2 is 2.12 bits per heavy atom. The fourth-order valence-corrected chi connectivity index (χ4v) is 3.77. The lowest BCUT2D eigenvalue weighted by Gasteiger charge is -2.14. The number of methoxy groups -OCH3 is 1. The molecule has 1 fully saturated rings. The van der Waals surface area contributed by atoms with Crippen molar-refractivity contribution in [1.82, 2.24) is 10.3 Å². The molecule has 178 valence electrons. The van der Waals surface area contributed by atoms with Crippen LogP contribution in [-0.4, -0.2) is 35.8 Å². The highest BCUT2D eigenvalue weighted by molar-refractivity contribution is 5.81. The maximum Gasteiger partial charge on any atom is 0.249 e. The summed E-state index contributed by atoms with van der Waals surface area (Å²) in [7, 11) is 1.55. The number of hydrogen-bond donors (Lipinski definition) is 4. The summed E-state index contributed by atoms with van der Waals surface area (Å²) in [5.74, 6) is -0.337. The number of nitrogens with zero attached hydrogens (tertiary/aromatic N) is 1. The van der Waals surface area contributed by atoms with Crippen molar-refractivity contribution in [2.45, 2.75) is 32.1 Å². The Morgan fingerprint density at radius 1 is 1.26 bits per heavy atom. The van der Waals surface area contributed by atoms with Crippen LogP contribution in [0.15, 0.2) is 48.5 Å². The van der Waals surface area contributed by atoms with E-state index in [0.717, 1.165) is 12.0 Å². The van der Waals surface area contributed by atoms with Crippen LogP contribution >= 0.6 is 0 Å². The van der Waals surface area contributed by atoms with Crippen molar-refractivity contribution in [1.29, 1.82) is 0 Å². The van der Waals surface area contributed by atoms with Gasteiger partial charge in [0.05, 0.1) is 18.0 Å². The molecule has 1 atom stereocenters. The van der Waals surface area contributed by atoms with Gasteiger partial charge >= 0.3 is 0 Å². The summed E-state index contributed by atoms with van der Waals surface area (Å²) < 4.78 is 24.9. The number of nitrogens with one attached hydrogen (secondary N) is 2. The average molecular weight is 467 g/mol. The number of anilines is 3. The lowest BCUT2D eigenvalue weighted by molar-refractivity contribution is -0.130. The molecule has 1 unspecified atom stereocenters. The van der Waals surface area contributed by atoms with E-state index in [9.17, 15) is 14.3 Å². The summed E-state index contributed by atoms with van der Waals surface area (Å²) in [5, 5.41) is 16.2. The van der Waals surface area contributed by atoms with E-state index in [1.165, 1.54) is 12.1 Å². The molecule has 5 N–H and O–H groups in total. The Labute approximate surface area is 196 Å². The summed E-state index contributed by atoms with van der Waals surface area (Å²) in [4.78, 5) is 16.6. The summed E-state index contributed by atoms with van der Waals surface area (Å²) in [6.07, 6.45) is 1.17. The number of rotatable bonds is 8. The number of pyridine rings is 1. The summed E-state index contributed by atoms with van der Waals surface area (Å²) in [6.45, 7) is 1.14. The van der Waals surface area contributed by atoms with E-state index in [0.29, 0.717) is 47.8 Å². The first kappa shape index (κ1) is 23.5. The number of nitrogen functional groups attached to an aromatic ring is 1. The minimum Gasteiger partial charge on any atom is -0.507 e. The molecular weight excluding hydrogens is 439 g/mol. The first-order valence-electron chi connectivity index (χ1n) is 11.0. The standard InChI is InChI=1S/C25H27FN4O4/c1-33-14-15-4-7-21(19(26)11-15)29-17-6-9-22(31)18(12-17)20-8-5-16(24(27)30-20)13-28-25(32)23-3-2-10-34-23/h4-9,11-12,23,29,31H,2-3,10,13-14H2,1H3,(H2,27,30)(H,28,32). The number of nitrogens with two attached hydrogens (primary N) is 1. The van der Waals surface area contributed by atoms with Gasteiger partial charge in [0.15, 0.2) is 0 Å². The van der Waals surface area contributed by atoms with E-state index in [1.54, 1.807) is 43.5 Å². The molecule has 0 aliphatic carbocycles. The number of carbonyl (C=O) groups excluding carboxylic acids is 1. The van der Waals surface area contributed by atoms with Gasteiger partial charge in [-0.15, -0.1) is 0 Å². The topological polar surface area (TPSA) is 119 Å². The van der Waals surface area contributed by atoms with E-state index in [1.807, 2.05) is 0 Å². The van der Waals surface area contributed by atoms with Crippen LogP contribution in [-0.2, 0) is 27.4 Å². The third kappa shape index (κ3) is 5.44. The molecule has 4 rings (SSSR count). The van der Waals surface area contributed by atoms with Gasteiger partial charge in [-0.2, -0.15) is 0 Å². The van der Waals surface area contributed by atoms with E-state index in [2.05, 4.69) is 15.6 Å². The van der Waals surface area contributed by atoms with E-state index >= 15 is 0 Å². The summed E-state index contributed by atoms with van der Waals surface area (Å²) >= 11 is 0. The van der Waals surface area contributed by atoms with Crippen LogP contribution < -0.4 is 16.4 Å². The van der Waals surface area contributed by atoms with Crippen molar-refractivity contribution < 1.29 is 23.8 Å². The van der Waals surface area contributed by atoms with Crippen molar-refractivity contribution in [2.24, 2.45) is 0 Å². The number of benzene rings is 2. The highest BCUT2D eigenvalue weighted by atomic mass is 19.1. The van der Waals surface area contributed by atoms with Crippen LogP contribution in [0.4, 0.5) is 21.6 Å². The Morgan fingerprint density at radius 3 is 2.82 bits per heavy atom. The number of carbonyl (C=O) groups is 1. The van der Waals surface area contributed by atoms with Crippen molar-refractivity contribution in [2.75, 3.05) is 24.8 Å². The molecule has 1 saturated heterocycles. The van der Waals surface area contributed by atoms with Gasteiger partial charge < -0.3 is 30.9 Å². The summed E-state index contributed by atoms with van der Waals surface area (Å²) in [6, 6.07) is 13.1. The van der Waals surface area contributed by atoms with Gasteiger partial charge in [0, 0.05) is 37.1 Å². The molecule has 1 aromatic heterocycles. The van der Waals surface area contributed by atoms with Crippen molar-refractivity contribution in [3.8, 4) is 17.0 Å². The minimum atomic E-state index is -0.416. The predicted octanol–water partition coefficient (Wildman–Crippen LogP) is 3.86. The third-order valence-electron chi connectivity index (χ3n) is 5.58. The van der Waals surface area contributed by atoms with E-state index in [4.69, 9.17) is 15.2 Å². The number of aromatic nitrogens is 1. The van der Waals surface area contributed by atoms with Crippen molar-refractivity contribution >= 4 is 23.1 Å². The first-order chi connectivity index (χ1) is 16.4. The van der Waals surface area contributed by atoms with Gasteiger partial charge in [-0.05, 0) is 54.8 Å². The first-order valence-corrected chi connectivity index (χ1v) is 11.0. The monoisotopic (exact) mass is 466 g/mol. The fourth-order valence-electron chi connectivity index (χ4n) is 3.77. The van der Waals surface area contributed by atoms with Crippen molar-refractivity contribution in [3.05, 3.63) is 65.5 Å². The molecule has 0 radical (unpaired) electrons. The number of phenols is 1. The smallest absolute Gasteiger partial charge is 0.249 e. The number of phenolic OH excluding ortho intramolecular Hbond substituents is 1. The number of aromatic hydroxyl groups is 1. The molecular formula is C25H27FN4O4. The number of amides is 1. The fraction of sp³-hybridized carbons (Fsp3) is 0.280. The zero-order valence-corrected chi connectivity index (χ0v) is 18.8. The molecule has 3 aromatic rings. The molecule has 1 aliphatic rings. The van der Waals surface area contributed by atoms with Crippen LogP contribution in [0.5, 0.6) is 5.75 Å². The number of halogens is 1. The predicted molar refractivity (Wildman–Crippen MR) is 127 cm³/mol. The third-order valence-corrected chi connectivity index (χ3v) is 5.58. The molecule has 1 aliphatic heterocycles. The Kier molecular flexibility index (Phi) is 7.24. The van der Waals surface area contributed by atoms with E-state index in [-0.39, 0.29) is 24.0 Å². The summed E-state index contributed by atoms with van der Waals surface area (Å²) in [5.41, 5.74) is 9.24. The number of hydrogen-bond acceptors (Lipinski definition) is 7. The Balaban J connectivity index is 1.49. The van der Waals surface area contributed by atoms with Crippen LogP contribution in [0.1, 0.15) is 24.0 Å². The molecule has 9 heteroatoms. The maximum absolute atomic E-state index is 14.5. The van der Waals surface area contributed by atoms with Crippen LogP contribution in [0.2, 0.25) is 0 Å². The molecule has 8 nitrogen and oxygen atoms in total.